The summed E-state index contributed by atoms with van der Waals surface area (Å²) in [5, 5.41) is 0.914. The Hall–Kier alpha value is -0.880. The quantitative estimate of drug-likeness (QED) is 0.697. The van der Waals surface area contributed by atoms with Crippen LogP contribution in [-0.4, -0.2) is 16.6 Å². The van der Waals surface area contributed by atoms with Gasteiger partial charge in [0.25, 0.3) is 0 Å². The van der Waals surface area contributed by atoms with Crippen LogP contribution < -0.4 is 4.74 Å². The van der Waals surface area contributed by atoms with Crippen LogP contribution in [0.15, 0.2) is 28.7 Å². The fourth-order valence-electron chi connectivity index (χ4n) is 1.42. The number of hydrogen-bond donors (Lipinski definition) is 0. The number of hydrogen-bond acceptors (Lipinski definition) is 4. The van der Waals surface area contributed by atoms with Crippen LogP contribution >= 0.6 is 39.1 Å². The molecule has 0 aliphatic heterocycles. The predicted octanol–water partition coefficient (Wildman–Crippen LogP) is 4.87. The van der Waals surface area contributed by atoms with E-state index in [1.165, 1.54) is 6.07 Å². The molecule has 106 valence electrons. The third-order valence-corrected chi connectivity index (χ3v) is 3.31. The average molecular weight is 378 g/mol. The third-order valence-electron chi connectivity index (χ3n) is 2.26. The van der Waals surface area contributed by atoms with Crippen LogP contribution in [0, 0.1) is 0 Å². The Balaban J connectivity index is 2.21. The summed E-state index contributed by atoms with van der Waals surface area (Å²) < 4.78 is 11.7. The Bertz CT molecular complexity index is 611. The van der Waals surface area contributed by atoms with Crippen LogP contribution in [0.3, 0.4) is 0 Å². The zero-order valence-corrected chi connectivity index (χ0v) is 13.7. The maximum atomic E-state index is 5.94. The lowest BCUT2D eigenvalue weighted by atomic mass is 10.3. The molecule has 7 heteroatoms. The van der Waals surface area contributed by atoms with Gasteiger partial charge in [-0.05, 0) is 41.1 Å². The Morgan fingerprint density at radius 2 is 2.00 bits per heavy atom. The Morgan fingerprint density at radius 3 is 2.70 bits per heavy atom. The monoisotopic (exact) mass is 376 g/mol. The zero-order valence-electron chi connectivity index (χ0n) is 10.6. The molecule has 0 spiro atoms. The van der Waals surface area contributed by atoms with Crippen molar-refractivity contribution in [2.75, 3.05) is 6.61 Å². The van der Waals surface area contributed by atoms with E-state index in [0.717, 1.165) is 4.47 Å². The van der Waals surface area contributed by atoms with E-state index in [1.807, 2.05) is 6.92 Å². The summed E-state index contributed by atoms with van der Waals surface area (Å²) in [6.07, 6.45) is 0. The van der Waals surface area contributed by atoms with Gasteiger partial charge >= 0.3 is 0 Å². The molecule has 20 heavy (non-hydrogen) atoms. The summed E-state index contributed by atoms with van der Waals surface area (Å²) in [5.74, 6) is 1.41. The van der Waals surface area contributed by atoms with E-state index in [4.69, 9.17) is 32.7 Å². The van der Waals surface area contributed by atoms with Crippen molar-refractivity contribution >= 4 is 39.1 Å². The molecular formula is C13H11BrCl2N2O2. The highest BCUT2D eigenvalue weighted by atomic mass is 79.9. The lowest BCUT2D eigenvalue weighted by Crippen LogP contribution is -2.01. The van der Waals surface area contributed by atoms with Gasteiger partial charge in [0.2, 0.25) is 5.88 Å². The van der Waals surface area contributed by atoms with E-state index < -0.39 is 0 Å². The standard InChI is InChI=1S/C13H11BrCl2N2O2/c1-2-19-7-12-17-11(16)6-13(18-12)20-10-4-3-8(15)5-9(10)14/h3-6H,2,7H2,1H3. The topological polar surface area (TPSA) is 44.2 Å². The lowest BCUT2D eigenvalue weighted by Gasteiger charge is -2.09. The minimum absolute atomic E-state index is 0.287. The summed E-state index contributed by atoms with van der Waals surface area (Å²) >= 11 is 15.2. The molecule has 0 saturated heterocycles. The molecule has 2 rings (SSSR count). The molecule has 0 bridgehead atoms. The van der Waals surface area contributed by atoms with Crippen molar-refractivity contribution in [3.05, 3.63) is 44.7 Å². The van der Waals surface area contributed by atoms with Crippen LogP contribution in [0.5, 0.6) is 11.6 Å². The van der Waals surface area contributed by atoms with Crippen molar-refractivity contribution in [3.8, 4) is 11.6 Å². The number of rotatable bonds is 5. The highest BCUT2D eigenvalue weighted by Gasteiger charge is 2.08. The van der Waals surface area contributed by atoms with E-state index in [1.54, 1.807) is 18.2 Å². The molecular weight excluding hydrogens is 367 g/mol. The lowest BCUT2D eigenvalue weighted by molar-refractivity contribution is 0.128. The van der Waals surface area contributed by atoms with Crippen LogP contribution in [0.4, 0.5) is 0 Å². The zero-order chi connectivity index (χ0) is 14.5. The molecule has 1 heterocycles. The van der Waals surface area contributed by atoms with Gasteiger partial charge in [0.15, 0.2) is 5.82 Å². The van der Waals surface area contributed by atoms with Gasteiger partial charge in [0.05, 0.1) is 4.47 Å². The normalized spacial score (nSPS) is 10.6. The number of halogens is 3. The van der Waals surface area contributed by atoms with Gasteiger partial charge in [-0.1, -0.05) is 23.2 Å². The molecule has 0 fully saturated rings. The Morgan fingerprint density at radius 1 is 1.20 bits per heavy atom. The Labute approximate surface area is 135 Å². The smallest absolute Gasteiger partial charge is 0.224 e. The Kier molecular flexibility index (Phi) is 5.60. The SMILES string of the molecule is CCOCc1nc(Cl)cc(Oc2ccc(Cl)cc2Br)n1. The molecule has 0 atom stereocenters. The van der Waals surface area contributed by atoms with Gasteiger partial charge in [-0.15, -0.1) is 0 Å². The molecule has 0 radical (unpaired) electrons. The molecule has 0 aliphatic carbocycles. The van der Waals surface area contributed by atoms with Gasteiger partial charge in [0, 0.05) is 17.7 Å². The van der Waals surface area contributed by atoms with Crippen molar-refractivity contribution in [2.45, 2.75) is 13.5 Å². The second-order valence-corrected chi connectivity index (χ2v) is 5.44. The van der Waals surface area contributed by atoms with E-state index in [0.29, 0.717) is 34.2 Å². The first-order chi connectivity index (χ1) is 9.58. The second-order valence-electron chi connectivity index (χ2n) is 3.76. The van der Waals surface area contributed by atoms with E-state index in [2.05, 4.69) is 25.9 Å². The van der Waals surface area contributed by atoms with E-state index in [-0.39, 0.29) is 6.61 Å². The maximum Gasteiger partial charge on any atom is 0.224 e. The molecule has 0 N–H and O–H groups in total. The van der Waals surface area contributed by atoms with Gasteiger partial charge in [-0.2, -0.15) is 4.98 Å². The minimum atomic E-state index is 0.287. The number of aromatic nitrogens is 2. The van der Waals surface area contributed by atoms with Crippen molar-refractivity contribution in [1.29, 1.82) is 0 Å². The van der Waals surface area contributed by atoms with Crippen LogP contribution in [0.1, 0.15) is 12.7 Å². The molecule has 2 aromatic rings. The summed E-state index contributed by atoms with van der Waals surface area (Å²) in [5.41, 5.74) is 0. The fourth-order valence-corrected chi connectivity index (χ4v) is 2.38. The van der Waals surface area contributed by atoms with Crippen molar-refractivity contribution in [1.82, 2.24) is 9.97 Å². The molecule has 1 aromatic carbocycles. The van der Waals surface area contributed by atoms with Crippen molar-refractivity contribution < 1.29 is 9.47 Å². The van der Waals surface area contributed by atoms with Gasteiger partial charge in [-0.3, -0.25) is 0 Å². The fraction of sp³-hybridized carbons (Fsp3) is 0.231. The summed E-state index contributed by atoms with van der Waals surface area (Å²) in [4.78, 5) is 8.30. The molecule has 0 saturated carbocycles. The predicted molar refractivity (Wildman–Crippen MR) is 81.6 cm³/mol. The molecule has 0 unspecified atom stereocenters. The minimum Gasteiger partial charge on any atom is -0.438 e. The summed E-state index contributed by atoms with van der Waals surface area (Å²) in [6, 6.07) is 6.75. The third kappa shape index (κ3) is 4.31. The summed E-state index contributed by atoms with van der Waals surface area (Å²) in [7, 11) is 0. The van der Waals surface area contributed by atoms with Gasteiger partial charge in [0.1, 0.15) is 17.5 Å². The first-order valence-electron chi connectivity index (χ1n) is 5.82. The number of ether oxygens (including phenoxy) is 2. The van der Waals surface area contributed by atoms with Crippen LogP contribution in [0.2, 0.25) is 10.2 Å². The van der Waals surface area contributed by atoms with E-state index >= 15 is 0 Å². The first-order valence-corrected chi connectivity index (χ1v) is 7.37. The molecule has 4 nitrogen and oxygen atoms in total. The highest BCUT2D eigenvalue weighted by molar-refractivity contribution is 9.10. The van der Waals surface area contributed by atoms with Crippen LogP contribution in [-0.2, 0) is 11.3 Å². The van der Waals surface area contributed by atoms with Crippen molar-refractivity contribution in [3.63, 3.8) is 0 Å². The summed E-state index contributed by atoms with van der Waals surface area (Å²) in [6.45, 7) is 2.76. The second kappa shape index (κ2) is 7.22. The molecule has 0 aliphatic rings. The van der Waals surface area contributed by atoms with Crippen molar-refractivity contribution in [2.24, 2.45) is 0 Å². The maximum absolute atomic E-state index is 5.94. The van der Waals surface area contributed by atoms with Gasteiger partial charge < -0.3 is 9.47 Å². The average Bonchev–Trinajstić information content (AvgIpc) is 2.39. The molecule has 0 amide bonds. The molecule has 1 aromatic heterocycles. The van der Waals surface area contributed by atoms with Gasteiger partial charge in [-0.25, -0.2) is 4.98 Å². The number of nitrogens with zero attached hydrogens (tertiary/aromatic N) is 2. The van der Waals surface area contributed by atoms with E-state index in [9.17, 15) is 0 Å². The highest BCUT2D eigenvalue weighted by Crippen LogP contribution is 2.31. The first kappa shape index (κ1) is 15.5. The number of benzene rings is 1. The van der Waals surface area contributed by atoms with Crippen LogP contribution in [0.25, 0.3) is 0 Å². The largest absolute Gasteiger partial charge is 0.438 e.